The molecule has 5 aliphatic heterocycles. The highest BCUT2D eigenvalue weighted by Crippen LogP contribution is 2.60. The molecule has 8 nitrogen and oxygen atoms in total. The van der Waals surface area contributed by atoms with Crippen LogP contribution in [0.2, 0.25) is 0 Å². The lowest BCUT2D eigenvalue weighted by molar-refractivity contribution is -0.577. The fourth-order valence-corrected chi connectivity index (χ4v) is 7.97. The molecule has 1 aliphatic carbocycles. The first-order valence-electron chi connectivity index (χ1n) is 15.4. The van der Waals surface area contributed by atoms with Crippen LogP contribution in [0.15, 0.2) is 54.6 Å². The largest absolute Gasteiger partial charge is 0.368 e. The Morgan fingerprint density at radius 1 is 0.927 bits per heavy atom. The zero-order chi connectivity index (χ0) is 28.2. The predicted octanol–water partition coefficient (Wildman–Crippen LogP) is 5.37. The summed E-state index contributed by atoms with van der Waals surface area (Å²) in [7, 11) is 0. The minimum absolute atomic E-state index is 0.0806. The molecular formula is C33H42N2O6. The molecule has 2 aromatic carbocycles. The molecule has 1 saturated carbocycles. The van der Waals surface area contributed by atoms with Gasteiger partial charge in [-0.25, -0.2) is 9.78 Å². The fourth-order valence-electron chi connectivity index (χ4n) is 7.97. The van der Waals surface area contributed by atoms with Gasteiger partial charge < -0.3 is 24.0 Å². The van der Waals surface area contributed by atoms with Gasteiger partial charge in [0.2, 0.25) is 5.79 Å². The molecule has 2 aromatic rings. The number of rotatable bonds is 5. The van der Waals surface area contributed by atoms with Crippen LogP contribution >= 0.6 is 0 Å². The SMILES string of the molecule is CC1CCC2C(C)C(OCc3ccc(C(=O)N4CCN(c5ccccc5)CC4)cc3)OC3OC4(C)CCC1C32OO4. The molecule has 1 amide bonds. The van der Waals surface area contributed by atoms with E-state index in [4.69, 9.17) is 24.0 Å². The van der Waals surface area contributed by atoms with Crippen molar-refractivity contribution >= 4 is 11.6 Å². The highest BCUT2D eigenvalue weighted by Gasteiger charge is 2.69. The number of carbonyl (C=O) groups excluding carboxylic acids is 1. The van der Waals surface area contributed by atoms with Gasteiger partial charge in [-0.3, -0.25) is 4.79 Å². The molecule has 0 radical (unpaired) electrons. The van der Waals surface area contributed by atoms with E-state index in [2.05, 4.69) is 43.0 Å². The van der Waals surface area contributed by atoms with Gasteiger partial charge >= 0.3 is 0 Å². The zero-order valence-electron chi connectivity index (χ0n) is 24.4. The van der Waals surface area contributed by atoms with E-state index in [0.717, 1.165) is 57.4 Å². The number of anilines is 1. The van der Waals surface area contributed by atoms with Crippen LogP contribution in [0.5, 0.6) is 0 Å². The van der Waals surface area contributed by atoms with Crippen molar-refractivity contribution in [3.8, 4) is 0 Å². The summed E-state index contributed by atoms with van der Waals surface area (Å²) in [6, 6.07) is 18.2. The molecular weight excluding hydrogens is 520 g/mol. The van der Waals surface area contributed by atoms with Crippen LogP contribution in [-0.2, 0) is 30.6 Å². The Morgan fingerprint density at radius 3 is 2.44 bits per heavy atom. The van der Waals surface area contributed by atoms with Gasteiger partial charge in [-0.05, 0) is 67.9 Å². The number of nitrogens with zero attached hydrogens (tertiary/aromatic N) is 2. The number of benzene rings is 2. The van der Waals surface area contributed by atoms with Crippen molar-refractivity contribution in [1.29, 1.82) is 0 Å². The molecule has 8 heteroatoms. The van der Waals surface area contributed by atoms with Crippen LogP contribution in [0.3, 0.4) is 0 Å². The van der Waals surface area contributed by atoms with Crippen LogP contribution in [-0.4, -0.2) is 61.0 Å². The summed E-state index contributed by atoms with van der Waals surface area (Å²) in [5, 5.41) is 0. The number of hydrogen-bond donors (Lipinski definition) is 0. The molecule has 8 atom stereocenters. The predicted molar refractivity (Wildman–Crippen MR) is 153 cm³/mol. The summed E-state index contributed by atoms with van der Waals surface area (Å²) in [4.78, 5) is 29.6. The third-order valence-electron chi connectivity index (χ3n) is 10.4. The van der Waals surface area contributed by atoms with E-state index in [-0.39, 0.29) is 17.7 Å². The van der Waals surface area contributed by atoms with Crippen molar-refractivity contribution in [1.82, 2.24) is 4.90 Å². The van der Waals surface area contributed by atoms with Gasteiger partial charge in [0.15, 0.2) is 18.2 Å². The molecule has 0 aromatic heterocycles. The fraction of sp³-hybridized carbons (Fsp3) is 0.606. The van der Waals surface area contributed by atoms with E-state index in [0.29, 0.717) is 24.0 Å². The second-order valence-corrected chi connectivity index (χ2v) is 12.9. The number of carbonyl (C=O) groups is 1. The average Bonchev–Trinajstić information content (AvgIpc) is 3.24. The van der Waals surface area contributed by atoms with Gasteiger partial charge in [-0.15, -0.1) is 0 Å². The van der Waals surface area contributed by atoms with Crippen molar-refractivity contribution in [2.75, 3.05) is 31.1 Å². The van der Waals surface area contributed by atoms with Crippen LogP contribution in [0.25, 0.3) is 0 Å². The van der Waals surface area contributed by atoms with Crippen LogP contribution in [0.1, 0.15) is 62.4 Å². The van der Waals surface area contributed by atoms with Gasteiger partial charge in [0.1, 0.15) is 0 Å². The molecule has 6 fully saturated rings. The van der Waals surface area contributed by atoms with Crippen LogP contribution in [0, 0.1) is 23.7 Å². The second kappa shape index (κ2) is 10.7. The van der Waals surface area contributed by atoms with Crippen molar-refractivity contribution < 1.29 is 28.8 Å². The molecule has 220 valence electrons. The van der Waals surface area contributed by atoms with Crippen molar-refractivity contribution in [2.24, 2.45) is 23.7 Å². The highest BCUT2D eigenvalue weighted by molar-refractivity contribution is 5.94. The van der Waals surface area contributed by atoms with Gasteiger partial charge in [0.05, 0.1) is 6.61 Å². The summed E-state index contributed by atoms with van der Waals surface area (Å²) < 4.78 is 19.4. The normalized spacial score (nSPS) is 38.3. The number of piperazine rings is 1. The van der Waals surface area contributed by atoms with E-state index < -0.39 is 24.0 Å². The quantitative estimate of drug-likeness (QED) is 0.454. The molecule has 8 unspecified atom stereocenters. The zero-order valence-corrected chi connectivity index (χ0v) is 24.4. The molecule has 8 rings (SSSR count). The average molecular weight is 563 g/mol. The lowest BCUT2D eigenvalue weighted by atomic mass is 9.58. The smallest absolute Gasteiger partial charge is 0.253 e. The van der Waals surface area contributed by atoms with E-state index in [1.54, 1.807) is 0 Å². The van der Waals surface area contributed by atoms with Crippen LogP contribution in [0.4, 0.5) is 5.69 Å². The first-order chi connectivity index (χ1) is 19.9. The van der Waals surface area contributed by atoms with Crippen LogP contribution < -0.4 is 4.90 Å². The third kappa shape index (κ3) is 4.78. The minimum Gasteiger partial charge on any atom is -0.368 e. The Kier molecular flexibility index (Phi) is 7.11. The van der Waals surface area contributed by atoms with Gasteiger partial charge in [0, 0.05) is 55.7 Å². The number of hydrogen-bond acceptors (Lipinski definition) is 7. The Labute approximate surface area is 242 Å². The first-order valence-corrected chi connectivity index (χ1v) is 15.4. The molecule has 1 spiro atoms. The summed E-state index contributed by atoms with van der Waals surface area (Å²) in [5.74, 6) is 0.522. The van der Waals surface area contributed by atoms with Crippen molar-refractivity contribution in [2.45, 2.75) is 77.0 Å². The molecule has 41 heavy (non-hydrogen) atoms. The monoisotopic (exact) mass is 562 g/mol. The summed E-state index contributed by atoms with van der Waals surface area (Å²) in [6.45, 7) is 9.98. The van der Waals surface area contributed by atoms with Crippen molar-refractivity contribution in [3.63, 3.8) is 0 Å². The topological polar surface area (TPSA) is 69.7 Å². The number of amides is 1. The van der Waals surface area contributed by atoms with Gasteiger partial charge in [-0.1, -0.05) is 44.2 Å². The molecule has 6 aliphatic rings. The summed E-state index contributed by atoms with van der Waals surface area (Å²) >= 11 is 0. The lowest BCUT2D eigenvalue weighted by Crippen LogP contribution is -2.70. The third-order valence-corrected chi connectivity index (χ3v) is 10.4. The maximum absolute atomic E-state index is 13.2. The summed E-state index contributed by atoms with van der Waals surface area (Å²) in [5.41, 5.74) is 2.35. The second-order valence-electron chi connectivity index (χ2n) is 12.9. The molecule has 5 saturated heterocycles. The Bertz CT molecular complexity index is 1230. The Hall–Kier alpha value is -2.49. The Morgan fingerprint density at radius 2 is 1.68 bits per heavy atom. The number of para-hydroxylation sites is 1. The standard InChI is InChI=1S/C33H42N2O6/c1-22-9-14-28-23(2)30(38-31-33(28)27(22)15-16-32(3,39-31)40-41-33)37-21-24-10-12-25(13-11-24)29(36)35-19-17-34(18-20-35)26-7-5-4-6-8-26/h4-8,10-13,22-23,27-28,30-31H,9,14-21H2,1-3H3. The molecule has 5 heterocycles. The maximum atomic E-state index is 13.2. The van der Waals surface area contributed by atoms with E-state index in [1.807, 2.05) is 42.2 Å². The van der Waals surface area contributed by atoms with Gasteiger partial charge in [0.25, 0.3) is 5.91 Å². The minimum atomic E-state index is -0.792. The van der Waals surface area contributed by atoms with E-state index in [1.165, 1.54) is 5.69 Å². The number of ether oxygens (including phenoxy) is 3. The van der Waals surface area contributed by atoms with Gasteiger partial charge in [-0.2, -0.15) is 0 Å². The summed E-state index contributed by atoms with van der Waals surface area (Å²) in [6.07, 6.45) is 3.10. The lowest BCUT2D eigenvalue weighted by Gasteiger charge is -2.60. The Balaban J connectivity index is 0.978. The molecule has 2 bridgehead atoms. The number of fused-ring (bicyclic) bond motifs is 2. The van der Waals surface area contributed by atoms with E-state index in [9.17, 15) is 4.79 Å². The van der Waals surface area contributed by atoms with Crippen molar-refractivity contribution in [3.05, 3.63) is 65.7 Å². The highest BCUT2D eigenvalue weighted by atomic mass is 17.3. The maximum Gasteiger partial charge on any atom is 0.253 e. The molecule has 0 N–H and O–H groups in total. The van der Waals surface area contributed by atoms with E-state index >= 15 is 0 Å². The first kappa shape index (κ1) is 27.3.